The van der Waals surface area contributed by atoms with Crippen LogP contribution in [0.5, 0.6) is 0 Å². The van der Waals surface area contributed by atoms with Gasteiger partial charge >= 0.3 is 0 Å². The van der Waals surface area contributed by atoms with Gasteiger partial charge in [0.15, 0.2) is 8.32 Å². The largest absolute Gasteiger partial charge is 0.413 e. The Morgan fingerprint density at radius 1 is 1.25 bits per heavy atom. The van der Waals surface area contributed by atoms with Crippen molar-refractivity contribution in [1.82, 2.24) is 0 Å². The second-order valence-corrected chi connectivity index (χ2v) is 9.31. The molecule has 0 aromatic rings. The molecule has 2 atom stereocenters. The average molecular weight is 244 g/mol. The van der Waals surface area contributed by atoms with Gasteiger partial charge in [-0.2, -0.15) is 0 Å². The van der Waals surface area contributed by atoms with Crippen LogP contribution >= 0.6 is 0 Å². The third-order valence-electron chi connectivity index (χ3n) is 3.66. The first-order valence-electron chi connectivity index (χ1n) is 6.48. The maximum atomic E-state index is 9.25. The van der Waals surface area contributed by atoms with Crippen molar-refractivity contribution in [2.75, 3.05) is 6.61 Å². The molecule has 0 saturated heterocycles. The molecule has 96 valence electrons. The molecule has 0 spiro atoms. The topological polar surface area (TPSA) is 29.5 Å². The van der Waals surface area contributed by atoms with E-state index in [4.69, 9.17) is 4.43 Å². The average Bonchev–Trinajstić information content (AvgIpc) is 2.34. The van der Waals surface area contributed by atoms with Crippen molar-refractivity contribution in [2.24, 2.45) is 5.92 Å². The number of aliphatic hydroxyl groups is 1. The highest BCUT2D eigenvalue weighted by atomic mass is 28.4. The Labute approximate surface area is 102 Å². The Bertz CT molecular complexity index is 182. The highest BCUT2D eigenvalue weighted by molar-refractivity contribution is 6.73. The summed E-state index contributed by atoms with van der Waals surface area (Å²) in [7, 11) is -1.56. The number of rotatable bonds is 9. The normalized spacial score (nSPS) is 15.8. The van der Waals surface area contributed by atoms with Gasteiger partial charge in [-0.1, -0.05) is 33.8 Å². The van der Waals surface area contributed by atoms with E-state index in [1.165, 1.54) is 0 Å². The van der Waals surface area contributed by atoms with Crippen molar-refractivity contribution in [2.45, 2.75) is 58.4 Å². The van der Waals surface area contributed by atoms with Gasteiger partial charge in [-0.15, -0.1) is 6.58 Å². The Morgan fingerprint density at radius 3 is 2.06 bits per heavy atom. The summed E-state index contributed by atoms with van der Waals surface area (Å²) in [5.74, 6) is 0.203. The van der Waals surface area contributed by atoms with Gasteiger partial charge in [-0.25, -0.2) is 0 Å². The first-order chi connectivity index (χ1) is 7.59. The van der Waals surface area contributed by atoms with E-state index in [9.17, 15) is 5.11 Å². The van der Waals surface area contributed by atoms with Crippen molar-refractivity contribution in [3.8, 4) is 0 Å². The first-order valence-corrected chi connectivity index (χ1v) is 9.01. The fourth-order valence-corrected chi connectivity index (χ4v) is 4.97. The lowest BCUT2D eigenvalue weighted by Crippen LogP contribution is -2.42. The van der Waals surface area contributed by atoms with E-state index in [2.05, 4.69) is 27.4 Å². The van der Waals surface area contributed by atoms with Crippen molar-refractivity contribution in [1.29, 1.82) is 0 Å². The van der Waals surface area contributed by atoms with Crippen LogP contribution in [0.2, 0.25) is 18.1 Å². The van der Waals surface area contributed by atoms with Crippen LogP contribution in [0.4, 0.5) is 0 Å². The molecule has 0 radical (unpaired) electrons. The monoisotopic (exact) mass is 244 g/mol. The molecular formula is C13H28O2Si. The second-order valence-electron chi connectivity index (χ2n) is 4.58. The first kappa shape index (κ1) is 15.9. The van der Waals surface area contributed by atoms with E-state index in [1.807, 2.05) is 13.0 Å². The maximum absolute atomic E-state index is 9.25. The molecule has 0 aliphatic rings. The van der Waals surface area contributed by atoms with E-state index < -0.39 is 8.32 Å². The molecular weight excluding hydrogens is 216 g/mol. The second kappa shape index (κ2) is 8.04. The van der Waals surface area contributed by atoms with Gasteiger partial charge in [0.05, 0.1) is 6.10 Å². The molecule has 2 nitrogen and oxygen atoms in total. The summed E-state index contributed by atoms with van der Waals surface area (Å²) in [6.07, 6.45) is 2.89. The van der Waals surface area contributed by atoms with E-state index >= 15 is 0 Å². The molecule has 16 heavy (non-hydrogen) atoms. The molecule has 0 amide bonds. The van der Waals surface area contributed by atoms with Crippen LogP contribution in [0.1, 0.15) is 34.1 Å². The zero-order valence-corrected chi connectivity index (χ0v) is 12.3. The lowest BCUT2D eigenvalue weighted by atomic mass is 10.0. The minimum absolute atomic E-state index is 0.147. The number of hydrogen-bond acceptors (Lipinski definition) is 2. The Balaban J connectivity index is 4.62. The number of aliphatic hydroxyl groups excluding tert-OH is 1. The molecule has 0 heterocycles. The molecule has 0 aromatic carbocycles. The van der Waals surface area contributed by atoms with Crippen LogP contribution in [-0.2, 0) is 4.43 Å². The van der Waals surface area contributed by atoms with Gasteiger partial charge in [-0.3, -0.25) is 0 Å². The van der Waals surface area contributed by atoms with Crippen LogP contribution < -0.4 is 0 Å². The highest BCUT2D eigenvalue weighted by Crippen LogP contribution is 2.27. The van der Waals surface area contributed by atoms with Crippen molar-refractivity contribution >= 4 is 8.32 Å². The molecule has 3 heteroatoms. The van der Waals surface area contributed by atoms with Crippen LogP contribution in [-0.4, -0.2) is 26.1 Å². The summed E-state index contributed by atoms with van der Waals surface area (Å²) >= 11 is 0. The number of hydrogen-bond donors (Lipinski definition) is 1. The minimum atomic E-state index is -1.56. The van der Waals surface area contributed by atoms with Gasteiger partial charge in [0.1, 0.15) is 0 Å². The lowest BCUT2D eigenvalue weighted by molar-refractivity contribution is 0.0896. The molecule has 0 unspecified atom stereocenters. The van der Waals surface area contributed by atoms with Gasteiger partial charge in [0.2, 0.25) is 0 Å². The fourth-order valence-electron chi connectivity index (χ4n) is 2.00. The third-order valence-corrected chi connectivity index (χ3v) is 8.32. The molecule has 0 aliphatic heterocycles. The zero-order chi connectivity index (χ0) is 12.6. The zero-order valence-electron chi connectivity index (χ0n) is 11.3. The summed E-state index contributed by atoms with van der Waals surface area (Å²) in [6.45, 7) is 12.7. The fraction of sp³-hybridized carbons (Fsp3) is 0.846. The predicted molar refractivity (Wildman–Crippen MR) is 73.1 cm³/mol. The SMILES string of the molecule is C=CC[C@H](O[Si](CC)(CC)CC)[C@H](C)CO. The van der Waals surface area contributed by atoms with Crippen LogP contribution in [0, 0.1) is 5.92 Å². The summed E-state index contributed by atoms with van der Waals surface area (Å²) < 4.78 is 6.39. The molecule has 0 bridgehead atoms. The molecule has 0 aliphatic carbocycles. The van der Waals surface area contributed by atoms with E-state index in [0.29, 0.717) is 0 Å². The third kappa shape index (κ3) is 4.40. The van der Waals surface area contributed by atoms with E-state index in [0.717, 1.165) is 24.6 Å². The molecule has 0 fully saturated rings. The van der Waals surface area contributed by atoms with E-state index in [-0.39, 0.29) is 18.6 Å². The van der Waals surface area contributed by atoms with Crippen LogP contribution in [0.3, 0.4) is 0 Å². The predicted octanol–water partition coefficient (Wildman–Crippen LogP) is 3.58. The van der Waals surface area contributed by atoms with Crippen LogP contribution in [0.25, 0.3) is 0 Å². The standard InChI is InChI=1S/C13H28O2Si/c1-6-10-13(12(5)11-14)15-16(7-2,8-3)9-4/h6,12-14H,1,7-11H2,2-5H3/t12-,13+/m1/s1. The van der Waals surface area contributed by atoms with Crippen LogP contribution in [0.15, 0.2) is 12.7 Å². The Kier molecular flexibility index (Phi) is 7.98. The molecule has 1 N–H and O–H groups in total. The van der Waals surface area contributed by atoms with Gasteiger partial charge in [0, 0.05) is 12.5 Å². The quantitative estimate of drug-likeness (QED) is 0.496. The van der Waals surface area contributed by atoms with Crippen molar-refractivity contribution in [3.05, 3.63) is 12.7 Å². The van der Waals surface area contributed by atoms with Gasteiger partial charge in [-0.05, 0) is 24.6 Å². The summed E-state index contributed by atoms with van der Waals surface area (Å²) in [6, 6.07) is 3.48. The summed E-state index contributed by atoms with van der Waals surface area (Å²) in [5, 5.41) is 9.25. The lowest BCUT2D eigenvalue weighted by Gasteiger charge is -2.35. The smallest absolute Gasteiger partial charge is 0.192 e. The van der Waals surface area contributed by atoms with Gasteiger partial charge in [0.25, 0.3) is 0 Å². The Morgan fingerprint density at radius 2 is 1.75 bits per heavy atom. The Hall–Kier alpha value is -0.123. The summed E-state index contributed by atoms with van der Waals surface area (Å²) in [4.78, 5) is 0. The summed E-state index contributed by atoms with van der Waals surface area (Å²) in [5.41, 5.74) is 0. The highest BCUT2D eigenvalue weighted by Gasteiger charge is 2.33. The minimum Gasteiger partial charge on any atom is -0.413 e. The molecule has 0 saturated carbocycles. The van der Waals surface area contributed by atoms with Crippen molar-refractivity contribution < 1.29 is 9.53 Å². The van der Waals surface area contributed by atoms with Crippen molar-refractivity contribution in [3.63, 3.8) is 0 Å². The maximum Gasteiger partial charge on any atom is 0.192 e. The molecule has 0 aromatic heterocycles. The van der Waals surface area contributed by atoms with E-state index in [1.54, 1.807) is 0 Å². The molecule has 0 rings (SSSR count). The van der Waals surface area contributed by atoms with Gasteiger partial charge < -0.3 is 9.53 Å².